The largest absolute Gasteiger partial charge is 0.469 e. The molecule has 6 saturated heterocycles. The minimum absolute atomic E-state index is 0.347. The molecular formula is C40H34F6N4O12. The van der Waals surface area contributed by atoms with E-state index in [-0.39, 0.29) is 11.4 Å². The Hall–Kier alpha value is -5.94. The molecule has 2 N–H and O–H groups in total. The van der Waals surface area contributed by atoms with Gasteiger partial charge in [0.1, 0.15) is 23.0 Å². The third kappa shape index (κ3) is 5.65. The summed E-state index contributed by atoms with van der Waals surface area (Å²) in [5.74, 6) is -12.3. The number of aliphatic hydroxyl groups is 2. The Bertz CT molecular complexity index is 2300. The molecule has 4 amide bonds. The predicted octanol–water partition coefficient (Wildman–Crippen LogP) is 3.47. The lowest BCUT2D eigenvalue weighted by atomic mass is 9.62. The molecule has 0 saturated carbocycles. The molecule has 12 atom stereocenters. The molecule has 6 aliphatic heterocycles. The van der Waals surface area contributed by atoms with Crippen LogP contribution in [0.1, 0.15) is 44.4 Å². The van der Waals surface area contributed by atoms with Crippen molar-refractivity contribution < 1.29 is 84.3 Å². The van der Waals surface area contributed by atoms with Gasteiger partial charge >= 0.3 is 24.3 Å². The van der Waals surface area contributed by atoms with Crippen molar-refractivity contribution in [2.24, 2.45) is 35.5 Å². The lowest BCUT2D eigenvalue weighted by molar-refractivity contribution is -0.159. The van der Waals surface area contributed by atoms with Crippen LogP contribution in [0, 0.1) is 53.4 Å². The van der Waals surface area contributed by atoms with Gasteiger partial charge < -0.3 is 29.2 Å². The Kier molecular flexibility index (Phi) is 9.81. The van der Waals surface area contributed by atoms with E-state index in [0.29, 0.717) is 21.9 Å². The number of carbonyl (C=O) groups excluding carboxylic acids is 6. The zero-order valence-electron chi connectivity index (χ0n) is 33.1. The summed E-state index contributed by atoms with van der Waals surface area (Å²) in [4.78, 5) is 81.6. The number of methoxy groups -OCH3 is 2. The van der Waals surface area contributed by atoms with E-state index in [2.05, 4.69) is 4.85 Å². The van der Waals surface area contributed by atoms with Gasteiger partial charge in [0.15, 0.2) is 5.69 Å². The Morgan fingerprint density at radius 1 is 0.694 bits per heavy atom. The number of alkyl halides is 6. The van der Waals surface area contributed by atoms with E-state index >= 15 is 0 Å². The molecule has 4 bridgehead atoms. The Morgan fingerprint density at radius 3 is 1.39 bits per heavy atom. The first-order valence-electron chi connectivity index (χ1n) is 18.5. The van der Waals surface area contributed by atoms with Gasteiger partial charge in [-0.1, -0.05) is 6.07 Å². The van der Waals surface area contributed by atoms with Gasteiger partial charge in [0.05, 0.1) is 96.3 Å². The number of carbonyl (C=O) groups is 6. The van der Waals surface area contributed by atoms with Gasteiger partial charge in [-0.15, -0.1) is 0 Å². The summed E-state index contributed by atoms with van der Waals surface area (Å²) in [6.07, 6.45) is -12.7. The van der Waals surface area contributed by atoms with E-state index in [0.717, 1.165) is 38.5 Å². The smallest absolute Gasteiger partial charge is 0.417 e. The molecule has 22 heteroatoms. The number of amides is 4. The van der Waals surface area contributed by atoms with Gasteiger partial charge in [0, 0.05) is 5.69 Å². The molecule has 8 rings (SSSR count). The molecule has 4 unspecified atom stereocenters. The number of esters is 2. The van der Waals surface area contributed by atoms with E-state index in [1.165, 1.54) is 33.8 Å². The van der Waals surface area contributed by atoms with Crippen molar-refractivity contribution >= 4 is 52.6 Å². The number of benzene rings is 2. The molecule has 6 fully saturated rings. The summed E-state index contributed by atoms with van der Waals surface area (Å²) < 4.78 is 101. The highest BCUT2D eigenvalue weighted by atomic mass is 19.4. The molecule has 2 aromatic carbocycles. The number of anilines is 2. The highest BCUT2D eigenvalue weighted by Crippen LogP contribution is 2.65. The van der Waals surface area contributed by atoms with Crippen LogP contribution in [-0.4, -0.2) is 94.6 Å². The number of halogens is 6. The normalized spacial score (nSPS) is 36.5. The summed E-state index contributed by atoms with van der Waals surface area (Å²) in [7, 11) is 2.21. The Labute approximate surface area is 346 Å². The molecule has 2 aromatic rings. The fraction of sp³-hybridized carbons (Fsp3) is 0.500. The maximum Gasteiger partial charge on any atom is 0.417 e. The molecule has 0 aliphatic carbocycles. The number of rotatable bonds is 4. The van der Waals surface area contributed by atoms with Gasteiger partial charge in [0.2, 0.25) is 23.6 Å². The van der Waals surface area contributed by atoms with Gasteiger partial charge in [-0.2, -0.15) is 31.6 Å². The van der Waals surface area contributed by atoms with E-state index in [9.17, 15) is 65.3 Å². The number of hydrogen-bond donors (Lipinski definition) is 2. The predicted molar refractivity (Wildman–Crippen MR) is 192 cm³/mol. The molecule has 16 nitrogen and oxygen atoms in total. The zero-order valence-corrected chi connectivity index (χ0v) is 33.1. The number of fused-ring (bicyclic) bond motifs is 10. The van der Waals surface area contributed by atoms with Gasteiger partial charge in [-0.05, 0) is 58.0 Å². The first kappa shape index (κ1) is 44.1. The van der Waals surface area contributed by atoms with Crippen molar-refractivity contribution in [1.29, 1.82) is 5.26 Å². The number of nitriles is 1. The second kappa shape index (κ2) is 13.8. The Balaban J connectivity index is 0.000000186. The van der Waals surface area contributed by atoms with Crippen LogP contribution >= 0.6 is 0 Å². The molecule has 0 spiro atoms. The van der Waals surface area contributed by atoms with Gasteiger partial charge in [0.25, 0.3) is 0 Å². The van der Waals surface area contributed by atoms with E-state index in [1.807, 2.05) is 0 Å². The van der Waals surface area contributed by atoms with Crippen LogP contribution in [0.4, 0.5) is 43.4 Å². The average molecular weight is 877 g/mol. The summed E-state index contributed by atoms with van der Waals surface area (Å²) in [5, 5.41) is 30.4. The standard InChI is InChI=1S/2C20H17F3N2O6/c1-18-11-12(19(2,31-18)14(26)13(18)17(29)30-4)16(28)25(15(11)27)8-5-6-10(24-3)9(7-8)20(21,22)23;1-18-11-12(19(2,31-18)14(26)13(18)17(29)30-3)16(28)25(15(11)27)9-5-4-8(7-24)10(6-9)20(21,22)23/h5-7,11-14,26H,1-2,4H3;4-6,11-14,26H,1-3H3/t2*11-,12+,13-,14+,18?,19?/m10/s1. The van der Waals surface area contributed by atoms with Crippen molar-refractivity contribution in [3.8, 4) is 6.07 Å². The SMILES string of the molecule is COC(=O)[C@@H]1[C@@H](O)C2(C)OC1(C)[C@@H]1C(=O)N(c3ccc(C#N)c(C(F)(F)F)c3)C(=O)[C@@H]12.[C-]#[N+]c1ccc(N2C(=O)[C@@H]3[C@H](C2=O)C2(C)OC3(C)[C@@H](O)[C@@H]2C(=O)OC)cc1C(F)(F)F. The maximum atomic E-state index is 13.4. The van der Waals surface area contributed by atoms with E-state index < -0.39 is 140 Å². The lowest BCUT2D eigenvalue weighted by Crippen LogP contribution is -2.57. The number of nitrogens with zero attached hydrogens (tertiary/aromatic N) is 4. The zero-order chi connectivity index (χ0) is 46.2. The second-order valence-electron chi connectivity index (χ2n) is 16.4. The quantitative estimate of drug-likeness (QED) is 0.195. The number of ether oxygens (including phenoxy) is 4. The van der Waals surface area contributed by atoms with Crippen molar-refractivity contribution in [2.45, 2.75) is 74.7 Å². The van der Waals surface area contributed by atoms with Crippen LogP contribution in [0.25, 0.3) is 4.85 Å². The topological polar surface area (TPSA) is 214 Å². The summed E-state index contributed by atoms with van der Waals surface area (Å²) in [6.45, 7) is 12.5. The van der Waals surface area contributed by atoms with Crippen LogP contribution in [0.3, 0.4) is 0 Å². The molecule has 62 heavy (non-hydrogen) atoms. The molecule has 328 valence electrons. The lowest BCUT2D eigenvalue weighted by Gasteiger charge is -2.37. The van der Waals surface area contributed by atoms with Crippen molar-refractivity contribution in [3.63, 3.8) is 0 Å². The van der Waals surface area contributed by atoms with E-state index in [4.69, 9.17) is 30.8 Å². The third-order valence-electron chi connectivity index (χ3n) is 13.3. The van der Waals surface area contributed by atoms with Crippen molar-refractivity contribution in [1.82, 2.24) is 0 Å². The highest BCUT2D eigenvalue weighted by molar-refractivity contribution is 6.24. The highest BCUT2D eigenvalue weighted by Gasteiger charge is 2.82. The minimum Gasteiger partial charge on any atom is -0.469 e. The minimum atomic E-state index is -4.88. The van der Waals surface area contributed by atoms with Gasteiger partial charge in [-0.3, -0.25) is 28.8 Å². The fourth-order valence-electron chi connectivity index (χ4n) is 10.6. The molecule has 6 aliphatic rings. The van der Waals surface area contributed by atoms with Crippen LogP contribution in [0.5, 0.6) is 0 Å². The van der Waals surface area contributed by atoms with Gasteiger partial charge in [-0.25, -0.2) is 14.6 Å². The third-order valence-corrected chi connectivity index (χ3v) is 13.3. The van der Waals surface area contributed by atoms with E-state index in [1.54, 1.807) is 0 Å². The Morgan fingerprint density at radius 2 is 1.05 bits per heavy atom. The fourth-order valence-corrected chi connectivity index (χ4v) is 10.6. The number of aliphatic hydroxyl groups excluding tert-OH is 2. The van der Waals surface area contributed by atoms with Crippen LogP contribution in [-0.2, 0) is 60.1 Å². The first-order valence-corrected chi connectivity index (χ1v) is 18.5. The average Bonchev–Trinajstić information content (AvgIpc) is 3.92. The first-order chi connectivity index (χ1) is 28.6. The summed E-state index contributed by atoms with van der Waals surface area (Å²) >= 11 is 0. The van der Waals surface area contributed by atoms with Crippen molar-refractivity contribution in [3.05, 3.63) is 64.5 Å². The van der Waals surface area contributed by atoms with Crippen LogP contribution in [0.15, 0.2) is 36.4 Å². The second-order valence-corrected chi connectivity index (χ2v) is 16.4. The maximum absolute atomic E-state index is 13.4. The molecular weight excluding hydrogens is 842 g/mol. The van der Waals surface area contributed by atoms with Crippen LogP contribution in [0.2, 0.25) is 0 Å². The number of hydrogen-bond acceptors (Lipinski definition) is 13. The summed E-state index contributed by atoms with van der Waals surface area (Å²) in [5.41, 5.74) is -11.0. The molecule has 0 radical (unpaired) electrons. The number of imide groups is 2. The molecule has 6 heterocycles. The van der Waals surface area contributed by atoms with Crippen LogP contribution < -0.4 is 9.80 Å². The summed E-state index contributed by atoms with van der Waals surface area (Å²) in [6, 6.07) is 6.51. The monoisotopic (exact) mass is 876 g/mol. The molecule has 0 aromatic heterocycles. The van der Waals surface area contributed by atoms with Crippen molar-refractivity contribution in [2.75, 3.05) is 24.0 Å².